The highest BCUT2D eigenvalue weighted by atomic mass is 16.2. The van der Waals surface area contributed by atoms with Crippen LogP contribution in [0.15, 0.2) is 0 Å². The average Bonchev–Trinajstić information content (AvgIpc) is 2.56. The van der Waals surface area contributed by atoms with Crippen molar-refractivity contribution in [2.75, 3.05) is 26.2 Å². The first-order chi connectivity index (χ1) is 6.75. The van der Waals surface area contributed by atoms with Crippen molar-refractivity contribution in [2.24, 2.45) is 5.92 Å². The zero-order chi connectivity index (χ0) is 9.97. The molecule has 2 saturated heterocycles. The molecule has 0 bridgehead atoms. The van der Waals surface area contributed by atoms with Crippen molar-refractivity contribution in [3.05, 3.63) is 0 Å². The van der Waals surface area contributed by atoms with E-state index < -0.39 is 0 Å². The van der Waals surface area contributed by atoms with Gasteiger partial charge in [-0.1, -0.05) is 0 Å². The Labute approximate surface area is 82.8 Å². The molecule has 0 aliphatic carbocycles. The molecule has 5 heteroatoms. The number of hydrogen-bond donors (Lipinski definition) is 2. The van der Waals surface area contributed by atoms with Crippen LogP contribution in [0, 0.1) is 5.92 Å². The van der Waals surface area contributed by atoms with Crippen LogP contribution in [0.1, 0.15) is 12.8 Å². The van der Waals surface area contributed by atoms with E-state index in [-0.39, 0.29) is 11.9 Å². The molecule has 2 heterocycles. The Morgan fingerprint density at radius 1 is 1.36 bits per heavy atom. The number of nitrogens with zero attached hydrogens (tertiary/aromatic N) is 1. The molecule has 2 aliphatic heterocycles. The smallest absolute Gasteiger partial charge is 0.317 e. The Morgan fingerprint density at radius 3 is 2.86 bits per heavy atom. The maximum atomic E-state index is 11.4. The Kier molecular flexibility index (Phi) is 2.56. The maximum Gasteiger partial charge on any atom is 0.317 e. The fourth-order valence-corrected chi connectivity index (χ4v) is 1.96. The predicted octanol–water partition coefficient (Wildman–Crippen LogP) is -0.462. The minimum absolute atomic E-state index is 0.00981. The van der Waals surface area contributed by atoms with Gasteiger partial charge in [0.05, 0.1) is 0 Å². The van der Waals surface area contributed by atoms with Crippen LogP contribution >= 0.6 is 0 Å². The normalized spacial score (nSPS) is 27.4. The summed E-state index contributed by atoms with van der Waals surface area (Å²) in [5, 5.41) is 5.58. The van der Waals surface area contributed by atoms with Gasteiger partial charge in [-0.15, -0.1) is 0 Å². The zero-order valence-corrected chi connectivity index (χ0v) is 8.08. The quantitative estimate of drug-likeness (QED) is 0.629. The number of urea groups is 1. The van der Waals surface area contributed by atoms with Gasteiger partial charge in [-0.3, -0.25) is 4.79 Å². The largest absolute Gasteiger partial charge is 0.356 e. The number of carbonyl (C=O) groups is 2. The van der Waals surface area contributed by atoms with Crippen molar-refractivity contribution < 1.29 is 9.59 Å². The minimum Gasteiger partial charge on any atom is -0.356 e. The van der Waals surface area contributed by atoms with E-state index >= 15 is 0 Å². The third-order valence-corrected chi connectivity index (χ3v) is 2.71. The lowest BCUT2D eigenvalue weighted by molar-refractivity contribution is -0.119. The highest BCUT2D eigenvalue weighted by Gasteiger charge is 2.26. The van der Waals surface area contributed by atoms with E-state index in [4.69, 9.17) is 0 Å². The molecule has 5 nitrogen and oxygen atoms in total. The van der Waals surface area contributed by atoms with Crippen LogP contribution in [-0.2, 0) is 4.79 Å². The van der Waals surface area contributed by atoms with Crippen LogP contribution in [0.25, 0.3) is 0 Å². The predicted molar refractivity (Wildman–Crippen MR) is 50.7 cm³/mol. The van der Waals surface area contributed by atoms with Crippen molar-refractivity contribution in [2.45, 2.75) is 12.8 Å². The summed E-state index contributed by atoms with van der Waals surface area (Å²) in [6, 6.07) is 0.00981. The van der Waals surface area contributed by atoms with Crippen LogP contribution in [0.5, 0.6) is 0 Å². The molecule has 0 aromatic rings. The summed E-state index contributed by atoms with van der Waals surface area (Å²) in [6.07, 6.45) is 1.56. The molecule has 1 unspecified atom stereocenters. The highest BCUT2D eigenvalue weighted by molar-refractivity contribution is 5.79. The summed E-state index contributed by atoms with van der Waals surface area (Å²) in [5.41, 5.74) is 0. The van der Waals surface area contributed by atoms with Crippen LogP contribution in [0.3, 0.4) is 0 Å². The van der Waals surface area contributed by atoms with Gasteiger partial charge < -0.3 is 15.5 Å². The molecule has 2 rings (SSSR count). The third-order valence-electron chi connectivity index (χ3n) is 2.71. The number of nitrogens with one attached hydrogen (secondary N) is 2. The van der Waals surface area contributed by atoms with Crippen molar-refractivity contribution in [3.63, 3.8) is 0 Å². The van der Waals surface area contributed by atoms with Gasteiger partial charge in [0.25, 0.3) is 0 Å². The summed E-state index contributed by atoms with van der Waals surface area (Å²) in [5.74, 6) is 0.402. The summed E-state index contributed by atoms with van der Waals surface area (Å²) in [4.78, 5) is 24.1. The van der Waals surface area contributed by atoms with Crippen LogP contribution in [0.2, 0.25) is 0 Å². The first-order valence-electron chi connectivity index (χ1n) is 5.05. The monoisotopic (exact) mass is 197 g/mol. The molecule has 0 saturated carbocycles. The Morgan fingerprint density at radius 2 is 2.21 bits per heavy atom. The van der Waals surface area contributed by atoms with Gasteiger partial charge in [-0.2, -0.15) is 0 Å². The van der Waals surface area contributed by atoms with Crippen molar-refractivity contribution in [1.29, 1.82) is 0 Å². The topological polar surface area (TPSA) is 61.4 Å². The molecule has 2 N–H and O–H groups in total. The molecule has 2 aliphatic rings. The Balaban J connectivity index is 1.84. The Bertz CT molecular complexity index is 254. The maximum absolute atomic E-state index is 11.4. The van der Waals surface area contributed by atoms with Gasteiger partial charge in [0.1, 0.15) is 0 Å². The number of carbonyl (C=O) groups excluding carboxylic acids is 2. The van der Waals surface area contributed by atoms with Gasteiger partial charge >= 0.3 is 6.03 Å². The fourth-order valence-electron chi connectivity index (χ4n) is 1.96. The van der Waals surface area contributed by atoms with Gasteiger partial charge in [0.15, 0.2) is 0 Å². The molecule has 78 valence electrons. The Hall–Kier alpha value is -1.26. The molecule has 0 aromatic heterocycles. The summed E-state index contributed by atoms with van der Waals surface area (Å²) in [7, 11) is 0. The van der Waals surface area contributed by atoms with E-state index in [1.54, 1.807) is 4.90 Å². The number of amides is 3. The summed E-state index contributed by atoms with van der Waals surface area (Å²) >= 11 is 0. The second kappa shape index (κ2) is 3.86. The van der Waals surface area contributed by atoms with Crippen molar-refractivity contribution in [3.8, 4) is 0 Å². The molecule has 1 atom stereocenters. The van der Waals surface area contributed by atoms with Gasteiger partial charge in [0.2, 0.25) is 5.91 Å². The molecule has 3 amide bonds. The van der Waals surface area contributed by atoms with E-state index in [9.17, 15) is 9.59 Å². The first-order valence-corrected chi connectivity index (χ1v) is 5.05. The molecule has 0 spiro atoms. The molecular weight excluding hydrogens is 182 g/mol. The van der Waals surface area contributed by atoms with E-state index in [1.165, 1.54) is 0 Å². The molecular formula is C9H15N3O2. The third kappa shape index (κ3) is 1.97. The van der Waals surface area contributed by atoms with Crippen molar-refractivity contribution >= 4 is 11.9 Å². The van der Waals surface area contributed by atoms with Crippen LogP contribution in [0.4, 0.5) is 4.79 Å². The first kappa shape index (κ1) is 9.30. The summed E-state index contributed by atoms with van der Waals surface area (Å²) < 4.78 is 0. The lowest BCUT2D eigenvalue weighted by Crippen LogP contribution is -2.48. The van der Waals surface area contributed by atoms with Crippen LogP contribution < -0.4 is 10.6 Å². The van der Waals surface area contributed by atoms with Gasteiger partial charge in [-0.25, -0.2) is 4.79 Å². The lowest BCUT2D eigenvalue weighted by Gasteiger charge is -2.29. The lowest BCUT2D eigenvalue weighted by atomic mass is 10.1. The zero-order valence-electron chi connectivity index (χ0n) is 8.08. The van der Waals surface area contributed by atoms with Crippen LogP contribution in [-0.4, -0.2) is 43.0 Å². The van der Waals surface area contributed by atoms with E-state index in [0.29, 0.717) is 25.4 Å². The van der Waals surface area contributed by atoms with E-state index in [2.05, 4.69) is 10.6 Å². The average molecular weight is 197 g/mol. The highest BCUT2D eigenvalue weighted by Crippen LogP contribution is 2.12. The minimum atomic E-state index is 0.00981. The second-order valence-electron chi connectivity index (χ2n) is 3.91. The molecule has 0 aromatic carbocycles. The number of rotatable bonds is 2. The molecule has 0 radical (unpaired) electrons. The van der Waals surface area contributed by atoms with E-state index in [1.807, 2.05) is 0 Å². The van der Waals surface area contributed by atoms with Gasteiger partial charge in [-0.05, 0) is 6.42 Å². The molecule has 2 fully saturated rings. The van der Waals surface area contributed by atoms with Gasteiger partial charge in [0, 0.05) is 38.5 Å². The molecule has 14 heavy (non-hydrogen) atoms. The standard InChI is InChI=1S/C9H15N3O2/c13-8-4-7(5-11-8)6-12-3-1-2-10-9(12)14/h7H,1-6H2,(H,10,14)(H,11,13). The SMILES string of the molecule is O=C1CC(CN2CCCNC2=O)CN1. The second-order valence-corrected chi connectivity index (χ2v) is 3.91. The number of hydrogen-bond acceptors (Lipinski definition) is 2. The summed E-state index contributed by atoms with van der Waals surface area (Å²) in [6.45, 7) is 3.00. The fraction of sp³-hybridized carbons (Fsp3) is 0.778. The van der Waals surface area contributed by atoms with Crippen molar-refractivity contribution in [1.82, 2.24) is 15.5 Å². The van der Waals surface area contributed by atoms with E-state index in [0.717, 1.165) is 19.5 Å².